The zero-order chi connectivity index (χ0) is 12.3. The minimum absolute atomic E-state index is 0.0975. The highest BCUT2D eigenvalue weighted by Gasteiger charge is 2.23. The number of nitrogens with one attached hydrogen (secondary N) is 2. The van der Waals surface area contributed by atoms with E-state index in [0.717, 1.165) is 0 Å². The van der Waals surface area contributed by atoms with Gasteiger partial charge in [0, 0.05) is 0 Å². The summed E-state index contributed by atoms with van der Waals surface area (Å²) in [6.45, 7) is -0.0975. The van der Waals surface area contributed by atoms with Crippen LogP contribution in [0.5, 0.6) is 5.75 Å². The molecule has 1 aliphatic rings. The summed E-state index contributed by atoms with van der Waals surface area (Å²) in [4.78, 5) is 11.3. The van der Waals surface area contributed by atoms with E-state index in [4.69, 9.17) is 15.9 Å². The number of carbonyl (C=O) groups is 1. The summed E-state index contributed by atoms with van der Waals surface area (Å²) in [6, 6.07) is 7.55. The smallest absolute Gasteiger partial charge is 0.330 e. The van der Waals surface area contributed by atoms with E-state index in [1.165, 1.54) is 18.4 Å². The highest BCUT2D eigenvalue weighted by atomic mass is 16.5. The number of esters is 1. The van der Waals surface area contributed by atoms with Crippen LogP contribution in [0, 0.1) is 5.41 Å². The molecule has 0 unspecified atom stereocenters. The van der Waals surface area contributed by atoms with Gasteiger partial charge in [0.25, 0.3) is 0 Å². The van der Waals surface area contributed by atoms with Gasteiger partial charge in [-0.3, -0.25) is 5.41 Å². The lowest BCUT2D eigenvalue weighted by molar-refractivity contribution is -0.133. The quantitative estimate of drug-likeness (QED) is 0.313. The van der Waals surface area contributed by atoms with Crippen LogP contribution in [0.15, 0.2) is 24.3 Å². The molecule has 5 heteroatoms. The number of nitrogens with two attached hydrogens (primary N) is 1. The average Bonchev–Trinajstić information content (AvgIpc) is 3.11. The Balaban J connectivity index is 1.85. The highest BCUT2D eigenvalue weighted by molar-refractivity contribution is 5.82. The van der Waals surface area contributed by atoms with E-state index in [2.05, 4.69) is 5.32 Å². The molecule has 1 fully saturated rings. The van der Waals surface area contributed by atoms with E-state index in [-0.39, 0.29) is 12.5 Å². The van der Waals surface area contributed by atoms with Crippen molar-refractivity contribution < 1.29 is 9.53 Å². The van der Waals surface area contributed by atoms with Crippen LogP contribution in [0.4, 0.5) is 0 Å². The second kappa shape index (κ2) is 4.86. The normalized spacial score (nSPS) is 14.1. The van der Waals surface area contributed by atoms with Crippen molar-refractivity contribution in [3.05, 3.63) is 29.8 Å². The third-order valence-electron chi connectivity index (χ3n) is 2.58. The molecule has 17 heavy (non-hydrogen) atoms. The second-order valence-corrected chi connectivity index (χ2v) is 4.08. The molecule has 0 heterocycles. The maximum absolute atomic E-state index is 11.3. The van der Waals surface area contributed by atoms with Crippen molar-refractivity contribution in [2.24, 2.45) is 5.73 Å². The van der Waals surface area contributed by atoms with Crippen molar-refractivity contribution in [3.8, 4) is 5.75 Å². The SMILES string of the molecule is N=C(N)NCC(=O)Oc1ccc(C2CC2)cc1. The van der Waals surface area contributed by atoms with Gasteiger partial charge in [0.05, 0.1) is 0 Å². The van der Waals surface area contributed by atoms with Crippen LogP contribution in [0.1, 0.15) is 24.3 Å². The topological polar surface area (TPSA) is 88.2 Å². The van der Waals surface area contributed by atoms with Crippen LogP contribution < -0.4 is 15.8 Å². The third kappa shape index (κ3) is 3.48. The van der Waals surface area contributed by atoms with Crippen LogP contribution in [0.25, 0.3) is 0 Å². The van der Waals surface area contributed by atoms with Gasteiger partial charge in [-0.2, -0.15) is 0 Å². The molecular weight excluding hydrogens is 218 g/mol. The van der Waals surface area contributed by atoms with Gasteiger partial charge >= 0.3 is 5.97 Å². The first kappa shape index (κ1) is 11.4. The summed E-state index contributed by atoms with van der Waals surface area (Å²) in [5.74, 6) is 0.509. The van der Waals surface area contributed by atoms with E-state index in [1.54, 1.807) is 12.1 Å². The molecule has 1 saturated carbocycles. The Morgan fingerprint density at radius 1 is 1.41 bits per heavy atom. The predicted octanol–water partition coefficient (Wildman–Crippen LogP) is 0.952. The number of hydrogen-bond acceptors (Lipinski definition) is 3. The van der Waals surface area contributed by atoms with Gasteiger partial charge in [0.2, 0.25) is 0 Å². The van der Waals surface area contributed by atoms with Gasteiger partial charge in [0.15, 0.2) is 5.96 Å². The Morgan fingerprint density at radius 2 is 2.06 bits per heavy atom. The van der Waals surface area contributed by atoms with E-state index < -0.39 is 5.97 Å². The number of ether oxygens (including phenoxy) is 1. The molecule has 0 bridgehead atoms. The molecule has 2 rings (SSSR count). The first-order valence-electron chi connectivity index (χ1n) is 5.53. The highest BCUT2D eigenvalue weighted by Crippen LogP contribution is 2.40. The van der Waals surface area contributed by atoms with Gasteiger partial charge in [-0.1, -0.05) is 12.1 Å². The van der Waals surface area contributed by atoms with E-state index in [1.807, 2.05) is 12.1 Å². The van der Waals surface area contributed by atoms with Crippen molar-refractivity contribution in [2.45, 2.75) is 18.8 Å². The molecule has 5 nitrogen and oxygen atoms in total. The Hall–Kier alpha value is -2.04. The molecule has 1 aromatic carbocycles. The summed E-state index contributed by atoms with van der Waals surface area (Å²) in [6.07, 6.45) is 2.50. The summed E-state index contributed by atoms with van der Waals surface area (Å²) >= 11 is 0. The molecule has 0 atom stereocenters. The van der Waals surface area contributed by atoms with Crippen LogP contribution in [0.3, 0.4) is 0 Å². The molecule has 0 amide bonds. The fourth-order valence-electron chi connectivity index (χ4n) is 1.56. The molecule has 1 aliphatic carbocycles. The summed E-state index contributed by atoms with van der Waals surface area (Å²) < 4.78 is 5.07. The maximum Gasteiger partial charge on any atom is 0.330 e. The van der Waals surface area contributed by atoms with E-state index in [9.17, 15) is 4.79 Å². The van der Waals surface area contributed by atoms with Crippen molar-refractivity contribution in [3.63, 3.8) is 0 Å². The van der Waals surface area contributed by atoms with Crippen LogP contribution >= 0.6 is 0 Å². The molecule has 0 radical (unpaired) electrons. The van der Waals surface area contributed by atoms with Crippen LogP contribution in [0.2, 0.25) is 0 Å². The summed E-state index contributed by atoms with van der Waals surface area (Å²) in [7, 11) is 0. The zero-order valence-electron chi connectivity index (χ0n) is 9.40. The Bertz CT molecular complexity index is 424. The fraction of sp³-hybridized carbons (Fsp3) is 0.333. The number of rotatable bonds is 4. The predicted molar refractivity (Wildman–Crippen MR) is 64.0 cm³/mol. The van der Waals surface area contributed by atoms with E-state index in [0.29, 0.717) is 11.7 Å². The summed E-state index contributed by atoms with van der Waals surface area (Å²) in [5, 5.41) is 9.30. The molecule has 0 aromatic heterocycles. The van der Waals surface area contributed by atoms with Crippen molar-refractivity contribution in [1.29, 1.82) is 5.41 Å². The van der Waals surface area contributed by atoms with E-state index >= 15 is 0 Å². The fourth-order valence-corrected chi connectivity index (χ4v) is 1.56. The maximum atomic E-state index is 11.3. The Labute approximate surface area is 99.5 Å². The van der Waals surface area contributed by atoms with Gasteiger partial charge in [0.1, 0.15) is 12.3 Å². The monoisotopic (exact) mass is 233 g/mol. The van der Waals surface area contributed by atoms with Crippen LogP contribution in [-0.4, -0.2) is 18.5 Å². The van der Waals surface area contributed by atoms with Gasteiger partial charge in [-0.25, -0.2) is 4.79 Å². The van der Waals surface area contributed by atoms with Gasteiger partial charge in [-0.05, 0) is 36.5 Å². The van der Waals surface area contributed by atoms with Crippen molar-refractivity contribution in [2.75, 3.05) is 6.54 Å². The standard InChI is InChI=1S/C12H15N3O2/c13-12(14)15-7-11(16)17-10-5-3-9(4-6-10)8-1-2-8/h3-6,8H,1-2,7H2,(H4,13,14,15). The molecule has 90 valence electrons. The zero-order valence-corrected chi connectivity index (χ0v) is 9.40. The number of guanidine groups is 1. The molecular formula is C12H15N3O2. The summed E-state index contributed by atoms with van der Waals surface area (Å²) in [5.41, 5.74) is 6.36. The Kier molecular flexibility index (Phi) is 3.27. The minimum atomic E-state index is -0.459. The lowest BCUT2D eigenvalue weighted by atomic mass is 10.1. The van der Waals surface area contributed by atoms with Crippen molar-refractivity contribution in [1.82, 2.24) is 5.32 Å². The molecule has 0 spiro atoms. The van der Waals surface area contributed by atoms with Gasteiger partial charge < -0.3 is 15.8 Å². The lowest BCUT2D eigenvalue weighted by Gasteiger charge is -2.06. The second-order valence-electron chi connectivity index (χ2n) is 4.08. The first-order chi connectivity index (χ1) is 8.15. The average molecular weight is 233 g/mol. The molecule has 4 N–H and O–H groups in total. The largest absolute Gasteiger partial charge is 0.425 e. The Morgan fingerprint density at radius 3 is 2.59 bits per heavy atom. The van der Waals surface area contributed by atoms with Crippen molar-refractivity contribution >= 4 is 11.9 Å². The number of carbonyl (C=O) groups excluding carboxylic acids is 1. The molecule has 0 saturated heterocycles. The molecule has 0 aliphatic heterocycles. The van der Waals surface area contributed by atoms with Gasteiger partial charge in [-0.15, -0.1) is 0 Å². The number of benzene rings is 1. The lowest BCUT2D eigenvalue weighted by Crippen LogP contribution is -2.36. The molecule has 1 aromatic rings. The first-order valence-corrected chi connectivity index (χ1v) is 5.53. The third-order valence-corrected chi connectivity index (χ3v) is 2.58. The van der Waals surface area contributed by atoms with Crippen LogP contribution in [-0.2, 0) is 4.79 Å². The minimum Gasteiger partial charge on any atom is -0.425 e. The number of hydrogen-bond donors (Lipinski definition) is 3.